The van der Waals surface area contributed by atoms with Gasteiger partial charge in [0.1, 0.15) is 5.76 Å². The highest BCUT2D eigenvalue weighted by atomic mass is 32.1. The van der Waals surface area contributed by atoms with E-state index in [2.05, 4.69) is 11.9 Å². The first-order chi connectivity index (χ1) is 17.4. The van der Waals surface area contributed by atoms with Crippen molar-refractivity contribution in [2.24, 2.45) is 0 Å². The summed E-state index contributed by atoms with van der Waals surface area (Å²) < 4.78 is 11.5. The van der Waals surface area contributed by atoms with Crippen LogP contribution in [0.4, 0.5) is 5.13 Å². The van der Waals surface area contributed by atoms with Gasteiger partial charge in [-0.15, -0.1) is 11.3 Å². The third-order valence-corrected chi connectivity index (χ3v) is 7.00. The zero-order valence-corrected chi connectivity index (χ0v) is 21.7. The van der Waals surface area contributed by atoms with Crippen LogP contribution in [0.1, 0.15) is 54.5 Å². The first kappa shape index (κ1) is 25.4. The molecule has 1 unspecified atom stereocenters. The van der Waals surface area contributed by atoms with Gasteiger partial charge in [-0.1, -0.05) is 43.5 Å². The molecule has 0 bridgehead atoms. The average Bonchev–Trinajstić information content (AvgIpc) is 3.49. The Morgan fingerprint density at radius 3 is 2.61 bits per heavy atom. The fraction of sp³-hybridized carbons (Fsp3) is 0.321. The molecule has 3 aromatic rings. The summed E-state index contributed by atoms with van der Waals surface area (Å²) in [6.07, 6.45) is 4.67. The quantitative estimate of drug-likeness (QED) is 0.167. The molecule has 0 radical (unpaired) electrons. The number of rotatable bonds is 9. The number of hydrogen-bond acceptors (Lipinski definition) is 7. The number of nitrogens with zero attached hydrogens (tertiary/aromatic N) is 2. The number of aromatic nitrogens is 1. The number of ether oxygens (including phenoxy) is 2. The number of hydrogen-bond donors (Lipinski definition) is 1. The van der Waals surface area contributed by atoms with Crippen LogP contribution in [-0.4, -0.2) is 35.5 Å². The summed E-state index contributed by atoms with van der Waals surface area (Å²) >= 11 is 1.25. The lowest BCUT2D eigenvalue weighted by atomic mass is 9.93. The number of aliphatic hydroxyl groups excluding tert-OH is 1. The topological polar surface area (TPSA) is 89.0 Å². The number of ketones is 1. The third-order valence-electron chi connectivity index (χ3n) is 6.23. The van der Waals surface area contributed by atoms with Crippen LogP contribution >= 0.6 is 11.3 Å². The van der Waals surface area contributed by atoms with Crippen LogP contribution in [0, 0.1) is 13.8 Å². The van der Waals surface area contributed by atoms with Crippen LogP contribution in [0.15, 0.2) is 53.5 Å². The van der Waals surface area contributed by atoms with Gasteiger partial charge in [-0.2, -0.15) is 0 Å². The van der Waals surface area contributed by atoms with Gasteiger partial charge in [-0.3, -0.25) is 14.5 Å². The van der Waals surface area contributed by atoms with E-state index in [-0.39, 0.29) is 11.3 Å². The second-order valence-corrected chi connectivity index (χ2v) is 9.64. The number of carbonyl (C=O) groups excluding carboxylic acids is 2. The molecule has 1 aliphatic rings. The van der Waals surface area contributed by atoms with Gasteiger partial charge < -0.3 is 14.6 Å². The summed E-state index contributed by atoms with van der Waals surface area (Å²) in [6, 6.07) is 10.1. The largest absolute Gasteiger partial charge is 0.507 e. The Morgan fingerprint density at radius 1 is 1.11 bits per heavy atom. The molecule has 1 aliphatic heterocycles. The molecule has 2 heterocycles. The molecule has 0 spiro atoms. The molecule has 1 amide bonds. The monoisotopic (exact) mass is 506 g/mol. The Balaban J connectivity index is 1.85. The molecule has 0 saturated carbocycles. The van der Waals surface area contributed by atoms with Crippen molar-refractivity contribution >= 4 is 33.9 Å². The van der Waals surface area contributed by atoms with Crippen molar-refractivity contribution in [1.82, 2.24) is 4.98 Å². The predicted molar refractivity (Wildman–Crippen MR) is 141 cm³/mol. The highest BCUT2D eigenvalue weighted by Crippen LogP contribution is 2.44. The molecule has 7 nitrogen and oxygen atoms in total. The van der Waals surface area contributed by atoms with Gasteiger partial charge in [-0.05, 0) is 49.6 Å². The van der Waals surface area contributed by atoms with Crippen LogP contribution in [0.2, 0.25) is 0 Å². The molecule has 2 aromatic carbocycles. The predicted octanol–water partition coefficient (Wildman–Crippen LogP) is 5.96. The molecule has 1 aromatic heterocycles. The molecule has 8 heteroatoms. The number of amides is 1. The van der Waals surface area contributed by atoms with Crippen LogP contribution in [0.5, 0.6) is 11.5 Å². The number of methoxy groups -OCH3 is 1. The minimum Gasteiger partial charge on any atom is -0.507 e. The number of thiazole rings is 1. The number of aliphatic hydroxyl groups is 1. The van der Waals surface area contributed by atoms with Gasteiger partial charge in [0.05, 0.1) is 25.3 Å². The Labute approximate surface area is 215 Å². The molecule has 1 N–H and O–H groups in total. The molecule has 4 rings (SSSR count). The average molecular weight is 507 g/mol. The van der Waals surface area contributed by atoms with Gasteiger partial charge >= 0.3 is 5.91 Å². The lowest BCUT2D eigenvalue weighted by Gasteiger charge is -2.24. The number of carbonyl (C=O) groups is 2. The third kappa shape index (κ3) is 4.86. The Hall–Kier alpha value is -3.65. The summed E-state index contributed by atoms with van der Waals surface area (Å²) in [6.45, 7) is 6.46. The Kier molecular flexibility index (Phi) is 7.74. The molecule has 36 heavy (non-hydrogen) atoms. The highest BCUT2D eigenvalue weighted by Gasteiger charge is 2.48. The van der Waals surface area contributed by atoms with E-state index in [0.717, 1.165) is 30.4 Å². The van der Waals surface area contributed by atoms with E-state index >= 15 is 0 Å². The lowest BCUT2D eigenvalue weighted by molar-refractivity contribution is -0.132. The van der Waals surface area contributed by atoms with E-state index in [1.54, 1.807) is 36.9 Å². The van der Waals surface area contributed by atoms with Gasteiger partial charge in [0, 0.05) is 17.1 Å². The molecule has 1 saturated heterocycles. The fourth-order valence-electron chi connectivity index (χ4n) is 4.32. The van der Waals surface area contributed by atoms with E-state index < -0.39 is 17.7 Å². The van der Waals surface area contributed by atoms with Crippen molar-refractivity contribution in [2.45, 2.75) is 46.1 Å². The minimum absolute atomic E-state index is 0.0163. The Bertz CT molecular complexity index is 1300. The lowest BCUT2D eigenvalue weighted by Crippen LogP contribution is -2.29. The smallest absolute Gasteiger partial charge is 0.301 e. The van der Waals surface area contributed by atoms with Crippen LogP contribution in [0.3, 0.4) is 0 Å². The highest BCUT2D eigenvalue weighted by molar-refractivity contribution is 7.14. The molecule has 0 aliphatic carbocycles. The van der Waals surface area contributed by atoms with Gasteiger partial charge in [0.25, 0.3) is 5.78 Å². The van der Waals surface area contributed by atoms with Crippen molar-refractivity contribution in [2.75, 3.05) is 18.6 Å². The SMILES string of the molecule is CCCCCOc1ccc(C2C(=C(O)c3cc(C)ccc3C)C(=O)C(=O)N2c2nccs2)cc1OC. The summed E-state index contributed by atoms with van der Waals surface area (Å²) in [7, 11) is 1.55. The first-order valence-electron chi connectivity index (χ1n) is 12.0. The fourth-order valence-corrected chi connectivity index (χ4v) is 4.99. The summed E-state index contributed by atoms with van der Waals surface area (Å²) in [4.78, 5) is 32.2. The molecular formula is C28H30N2O5S. The van der Waals surface area contributed by atoms with Crippen molar-refractivity contribution < 1.29 is 24.2 Å². The van der Waals surface area contributed by atoms with E-state index in [1.165, 1.54) is 16.2 Å². The molecule has 188 valence electrons. The molecule has 1 fully saturated rings. The maximum Gasteiger partial charge on any atom is 0.301 e. The number of benzene rings is 2. The maximum absolute atomic E-state index is 13.3. The summed E-state index contributed by atoms with van der Waals surface area (Å²) in [5, 5.41) is 13.5. The maximum atomic E-state index is 13.3. The summed E-state index contributed by atoms with van der Waals surface area (Å²) in [5.41, 5.74) is 2.86. The minimum atomic E-state index is -0.876. The second kappa shape index (κ2) is 11.0. The van der Waals surface area contributed by atoms with Gasteiger partial charge in [0.15, 0.2) is 16.6 Å². The van der Waals surface area contributed by atoms with Crippen LogP contribution in [0.25, 0.3) is 5.76 Å². The number of Topliss-reactive ketones (excluding diaryl/α,β-unsaturated/α-hetero) is 1. The van der Waals surface area contributed by atoms with Crippen molar-refractivity contribution in [3.05, 3.63) is 75.8 Å². The number of anilines is 1. The standard InChI is InChI=1S/C28H30N2O5S/c1-5-6-7-13-35-21-11-10-19(16-22(21)34-4)24-23(25(31)20-15-17(2)8-9-18(20)3)26(32)27(33)30(24)28-29-12-14-36-28/h8-12,14-16,24,31H,5-7,13H2,1-4H3. The van der Waals surface area contributed by atoms with E-state index in [1.807, 2.05) is 32.0 Å². The van der Waals surface area contributed by atoms with Crippen molar-refractivity contribution in [3.63, 3.8) is 0 Å². The van der Waals surface area contributed by atoms with E-state index in [9.17, 15) is 14.7 Å². The zero-order valence-electron chi connectivity index (χ0n) is 20.9. The normalized spacial score (nSPS) is 17.0. The molecule has 1 atom stereocenters. The van der Waals surface area contributed by atoms with Crippen LogP contribution < -0.4 is 14.4 Å². The van der Waals surface area contributed by atoms with E-state index in [0.29, 0.717) is 34.4 Å². The van der Waals surface area contributed by atoms with Gasteiger partial charge in [0.2, 0.25) is 0 Å². The van der Waals surface area contributed by atoms with Gasteiger partial charge in [-0.25, -0.2) is 4.98 Å². The number of aryl methyl sites for hydroxylation is 2. The second-order valence-electron chi connectivity index (χ2n) is 8.77. The summed E-state index contributed by atoms with van der Waals surface area (Å²) in [5.74, 6) is -0.635. The van der Waals surface area contributed by atoms with Crippen LogP contribution in [-0.2, 0) is 9.59 Å². The Morgan fingerprint density at radius 2 is 1.92 bits per heavy atom. The molecular weight excluding hydrogens is 476 g/mol. The van der Waals surface area contributed by atoms with E-state index in [4.69, 9.17) is 9.47 Å². The zero-order chi connectivity index (χ0) is 25.8. The number of unbranched alkanes of at least 4 members (excludes halogenated alkanes) is 2. The first-order valence-corrected chi connectivity index (χ1v) is 12.8. The van der Waals surface area contributed by atoms with Crippen molar-refractivity contribution in [1.29, 1.82) is 0 Å². The van der Waals surface area contributed by atoms with Crippen molar-refractivity contribution in [3.8, 4) is 11.5 Å².